The van der Waals surface area contributed by atoms with Crippen LogP contribution in [0.3, 0.4) is 0 Å². The molecule has 0 aromatic heterocycles. The van der Waals surface area contributed by atoms with Gasteiger partial charge in [0, 0.05) is 5.56 Å². The molecule has 0 N–H and O–H groups in total. The van der Waals surface area contributed by atoms with E-state index >= 15 is 0 Å². The molecule has 0 saturated heterocycles. The Labute approximate surface area is 165 Å². The first-order chi connectivity index (χ1) is 13.5. The molecule has 0 nitrogen and oxygen atoms in total. The van der Waals surface area contributed by atoms with Gasteiger partial charge < -0.3 is 0 Å². The van der Waals surface area contributed by atoms with E-state index in [0.717, 1.165) is 42.0 Å². The summed E-state index contributed by atoms with van der Waals surface area (Å²) >= 11 is 0. The minimum atomic E-state index is -0.949. The van der Waals surface area contributed by atoms with Gasteiger partial charge in [0.25, 0.3) is 0 Å². The molecule has 0 bridgehead atoms. The third-order valence-corrected chi connectivity index (χ3v) is 6.55. The van der Waals surface area contributed by atoms with Gasteiger partial charge in [0.2, 0.25) is 0 Å². The van der Waals surface area contributed by atoms with Crippen LogP contribution in [0.4, 0.5) is 13.2 Å². The molecule has 0 unspecified atom stereocenters. The summed E-state index contributed by atoms with van der Waals surface area (Å²) in [6.07, 6.45) is 11.8. The fraction of sp³-hybridized carbons (Fsp3) is 0.440. The van der Waals surface area contributed by atoms with Crippen LogP contribution in [0.25, 0.3) is 17.2 Å². The van der Waals surface area contributed by atoms with Crippen LogP contribution in [0.15, 0.2) is 35.9 Å². The first kappa shape index (κ1) is 19.3. The molecule has 0 aliphatic heterocycles. The number of benzene rings is 2. The van der Waals surface area contributed by atoms with Gasteiger partial charge in [-0.25, -0.2) is 13.2 Å². The van der Waals surface area contributed by atoms with Crippen molar-refractivity contribution >= 4 is 6.08 Å². The van der Waals surface area contributed by atoms with Crippen LogP contribution < -0.4 is 0 Å². The van der Waals surface area contributed by atoms with Crippen molar-refractivity contribution in [1.29, 1.82) is 0 Å². The number of hydrogen-bond donors (Lipinski definition) is 0. The Bertz CT molecular complexity index is 889. The Balaban J connectivity index is 1.56. The van der Waals surface area contributed by atoms with Gasteiger partial charge >= 0.3 is 0 Å². The molecule has 0 atom stereocenters. The minimum absolute atomic E-state index is 0.342. The number of fused-ring (bicyclic) bond motifs is 1. The summed E-state index contributed by atoms with van der Waals surface area (Å²) in [5.74, 6) is -0.725. The first-order valence-electron chi connectivity index (χ1n) is 10.5. The van der Waals surface area contributed by atoms with Crippen LogP contribution in [-0.2, 0) is 6.42 Å². The molecule has 0 amide bonds. The molecular weight excluding hydrogens is 357 g/mol. The van der Waals surface area contributed by atoms with Crippen molar-refractivity contribution in [2.24, 2.45) is 11.8 Å². The van der Waals surface area contributed by atoms with Gasteiger partial charge in [-0.05, 0) is 91.3 Å². The molecule has 0 heterocycles. The summed E-state index contributed by atoms with van der Waals surface area (Å²) in [6.45, 7) is 2.26. The molecule has 1 saturated carbocycles. The van der Waals surface area contributed by atoms with Crippen molar-refractivity contribution in [3.63, 3.8) is 0 Å². The minimum Gasteiger partial charge on any atom is -0.206 e. The summed E-state index contributed by atoms with van der Waals surface area (Å²) in [5.41, 5.74) is 4.21. The fourth-order valence-corrected chi connectivity index (χ4v) is 4.97. The lowest BCUT2D eigenvalue weighted by Crippen LogP contribution is -2.18. The molecule has 2 aliphatic carbocycles. The largest absolute Gasteiger partial charge is 0.206 e. The number of allylic oxidation sites excluding steroid dienone is 1. The summed E-state index contributed by atoms with van der Waals surface area (Å²) in [4.78, 5) is 0. The van der Waals surface area contributed by atoms with Crippen LogP contribution in [0.1, 0.15) is 63.0 Å². The third-order valence-electron chi connectivity index (χ3n) is 6.55. The zero-order valence-corrected chi connectivity index (χ0v) is 16.4. The van der Waals surface area contributed by atoms with Gasteiger partial charge in [-0.15, -0.1) is 0 Å². The van der Waals surface area contributed by atoms with E-state index in [4.69, 9.17) is 0 Å². The molecule has 0 spiro atoms. The van der Waals surface area contributed by atoms with Crippen molar-refractivity contribution in [2.75, 3.05) is 0 Å². The van der Waals surface area contributed by atoms with Gasteiger partial charge in [-0.3, -0.25) is 0 Å². The first-order valence-corrected chi connectivity index (χ1v) is 10.5. The molecule has 2 aromatic rings. The van der Waals surface area contributed by atoms with Gasteiger partial charge in [0.05, 0.1) is 0 Å². The van der Waals surface area contributed by atoms with E-state index in [1.54, 1.807) is 6.07 Å². The Morgan fingerprint density at radius 1 is 0.857 bits per heavy atom. The molecule has 4 rings (SSSR count). The molecule has 28 heavy (non-hydrogen) atoms. The highest BCUT2D eigenvalue weighted by atomic mass is 19.2. The quantitative estimate of drug-likeness (QED) is 0.506. The second-order valence-corrected chi connectivity index (χ2v) is 8.39. The Kier molecular flexibility index (Phi) is 5.61. The molecule has 1 fully saturated rings. The van der Waals surface area contributed by atoms with E-state index < -0.39 is 11.6 Å². The van der Waals surface area contributed by atoms with E-state index in [1.165, 1.54) is 50.2 Å². The Hall–Kier alpha value is -2.03. The number of hydrogen-bond acceptors (Lipinski definition) is 0. The molecule has 0 radical (unpaired) electrons. The zero-order valence-electron chi connectivity index (χ0n) is 16.4. The number of halogens is 3. The lowest BCUT2D eigenvalue weighted by atomic mass is 9.74. The lowest BCUT2D eigenvalue weighted by molar-refractivity contribution is 0.283. The van der Waals surface area contributed by atoms with Crippen molar-refractivity contribution in [2.45, 2.75) is 58.3 Å². The topological polar surface area (TPSA) is 0 Å². The Morgan fingerprint density at radius 3 is 2.36 bits per heavy atom. The smallest absolute Gasteiger partial charge is 0.159 e. The van der Waals surface area contributed by atoms with E-state index in [0.29, 0.717) is 17.0 Å². The van der Waals surface area contributed by atoms with E-state index in [2.05, 4.69) is 13.0 Å². The van der Waals surface area contributed by atoms with Crippen molar-refractivity contribution < 1.29 is 13.2 Å². The second-order valence-electron chi connectivity index (χ2n) is 8.39. The van der Waals surface area contributed by atoms with Crippen LogP contribution >= 0.6 is 0 Å². The average molecular weight is 384 g/mol. The van der Waals surface area contributed by atoms with E-state index in [-0.39, 0.29) is 5.82 Å². The summed E-state index contributed by atoms with van der Waals surface area (Å²) in [7, 11) is 0. The number of aryl methyl sites for hydroxylation is 1. The number of rotatable bonds is 4. The maximum atomic E-state index is 14.8. The van der Waals surface area contributed by atoms with Gasteiger partial charge in [-0.1, -0.05) is 37.5 Å². The van der Waals surface area contributed by atoms with Gasteiger partial charge in [-0.2, -0.15) is 0 Å². The van der Waals surface area contributed by atoms with Gasteiger partial charge in [0.1, 0.15) is 5.82 Å². The third kappa shape index (κ3) is 3.90. The summed E-state index contributed by atoms with van der Waals surface area (Å²) in [6, 6.07) is 6.92. The van der Waals surface area contributed by atoms with Crippen molar-refractivity contribution in [3.8, 4) is 11.1 Å². The average Bonchev–Trinajstić information content (AvgIpc) is 2.70. The second kappa shape index (κ2) is 8.14. The highest BCUT2D eigenvalue weighted by Gasteiger charge is 2.25. The van der Waals surface area contributed by atoms with Crippen LogP contribution in [0.5, 0.6) is 0 Å². The lowest BCUT2D eigenvalue weighted by Gasteiger charge is -2.32. The van der Waals surface area contributed by atoms with E-state index in [1.807, 2.05) is 6.07 Å². The predicted octanol–water partition coefficient (Wildman–Crippen LogP) is 7.71. The Morgan fingerprint density at radius 2 is 1.64 bits per heavy atom. The molecule has 2 aromatic carbocycles. The van der Waals surface area contributed by atoms with Crippen LogP contribution in [-0.4, -0.2) is 0 Å². The highest BCUT2D eigenvalue weighted by Crippen LogP contribution is 2.40. The van der Waals surface area contributed by atoms with Crippen LogP contribution in [0, 0.1) is 29.3 Å². The molecule has 148 valence electrons. The predicted molar refractivity (Wildman–Crippen MR) is 108 cm³/mol. The van der Waals surface area contributed by atoms with Gasteiger partial charge in [0.15, 0.2) is 11.6 Å². The van der Waals surface area contributed by atoms with E-state index in [9.17, 15) is 13.2 Å². The van der Waals surface area contributed by atoms with Crippen molar-refractivity contribution in [3.05, 3.63) is 64.5 Å². The standard InChI is InChI=1S/C25H27F3/c1-2-3-16-4-6-17(7-5-16)18-8-9-19-13-22(24(27)15-21(19)12-18)20-10-11-23(26)25(28)14-20/h10-17H,2-9H2,1H3. The normalized spacial score (nSPS) is 21.9. The monoisotopic (exact) mass is 384 g/mol. The zero-order chi connectivity index (χ0) is 19.7. The maximum Gasteiger partial charge on any atom is 0.159 e. The molecule has 3 heteroatoms. The fourth-order valence-electron chi connectivity index (χ4n) is 4.97. The molecular formula is C25H27F3. The van der Waals surface area contributed by atoms with Crippen LogP contribution in [0.2, 0.25) is 0 Å². The maximum absolute atomic E-state index is 14.8. The summed E-state index contributed by atoms with van der Waals surface area (Å²) in [5, 5.41) is 0. The molecule has 2 aliphatic rings. The summed E-state index contributed by atoms with van der Waals surface area (Å²) < 4.78 is 41.5. The highest BCUT2D eigenvalue weighted by molar-refractivity contribution is 5.70. The van der Waals surface area contributed by atoms with Crippen molar-refractivity contribution in [1.82, 2.24) is 0 Å². The SMILES string of the molecule is CCCC1CCC(C2=Cc3cc(F)c(-c4ccc(F)c(F)c4)cc3CC2)CC1.